The number of hydrogen-bond donors (Lipinski definition) is 2. The molecule has 0 bridgehead atoms. The molecule has 1 amide bonds. The van der Waals surface area contributed by atoms with Crippen LogP contribution in [0.15, 0.2) is 46.9 Å². The summed E-state index contributed by atoms with van der Waals surface area (Å²) < 4.78 is 37.7. The Kier molecular flexibility index (Phi) is 5.66. The van der Waals surface area contributed by atoms with Gasteiger partial charge in [-0.2, -0.15) is 13.2 Å². The number of amides is 1. The second-order valence-electron chi connectivity index (χ2n) is 5.47. The van der Waals surface area contributed by atoms with Crippen molar-refractivity contribution in [2.24, 2.45) is 10.9 Å². The van der Waals surface area contributed by atoms with Gasteiger partial charge in [-0.25, -0.2) is 9.78 Å². The number of alkyl halides is 3. The summed E-state index contributed by atoms with van der Waals surface area (Å²) in [4.78, 5) is 22.0. The third-order valence-corrected chi connectivity index (χ3v) is 5.59. The molecule has 146 valence electrons. The van der Waals surface area contributed by atoms with Crippen molar-refractivity contribution in [3.8, 4) is 9.88 Å². The largest absolute Gasteiger partial charge is 0.438 e. The first kappa shape index (κ1) is 19.8. The number of amidine groups is 1. The Bertz CT molecular complexity index is 997. The lowest BCUT2D eigenvalue weighted by Crippen LogP contribution is -2.17. The topological polar surface area (TPSA) is 89.6 Å². The number of thiazole rings is 1. The lowest BCUT2D eigenvalue weighted by atomic mass is 10.1. The monoisotopic (exact) mass is 426 g/mol. The molecule has 0 saturated heterocycles. The van der Waals surface area contributed by atoms with E-state index in [2.05, 4.69) is 20.3 Å². The molecule has 0 fully saturated rings. The molecule has 0 atom stereocenters. The first-order valence-electron chi connectivity index (χ1n) is 7.74. The molecule has 0 aliphatic rings. The molecule has 0 spiro atoms. The third-order valence-electron chi connectivity index (χ3n) is 3.48. The number of carbonyl (C=O) groups is 1. The number of rotatable bonds is 4. The van der Waals surface area contributed by atoms with Gasteiger partial charge in [0.15, 0.2) is 5.84 Å². The smallest absolute Gasteiger partial charge is 0.380 e. The number of hydrogen-bond acceptors (Lipinski definition) is 6. The molecule has 0 aliphatic carbocycles. The number of nitrogens with zero attached hydrogens (tertiary/aromatic N) is 2. The minimum absolute atomic E-state index is 0.190. The Morgan fingerprint density at radius 2 is 1.96 bits per heavy atom. The Hall–Kier alpha value is -2.92. The summed E-state index contributed by atoms with van der Waals surface area (Å²) >= 11 is 2.81. The van der Waals surface area contributed by atoms with E-state index in [9.17, 15) is 18.0 Å². The SMILES string of the molecule is Cc1nc(-c2cccs2)sc1NC(=O)ON=C(N)c1ccc(C(F)(F)F)cc1. The predicted molar refractivity (Wildman–Crippen MR) is 102 cm³/mol. The minimum atomic E-state index is -4.45. The predicted octanol–water partition coefficient (Wildman–Crippen LogP) is 5.07. The molecule has 6 nitrogen and oxygen atoms in total. The van der Waals surface area contributed by atoms with Crippen molar-refractivity contribution in [3.05, 3.63) is 58.6 Å². The molecule has 0 radical (unpaired) electrons. The van der Waals surface area contributed by atoms with Gasteiger partial charge in [0.1, 0.15) is 10.0 Å². The lowest BCUT2D eigenvalue weighted by molar-refractivity contribution is -0.137. The van der Waals surface area contributed by atoms with Crippen LogP contribution in [0.4, 0.5) is 23.0 Å². The van der Waals surface area contributed by atoms with Gasteiger partial charge >= 0.3 is 12.3 Å². The fourth-order valence-corrected chi connectivity index (χ4v) is 3.86. The van der Waals surface area contributed by atoms with Crippen molar-refractivity contribution in [1.29, 1.82) is 0 Å². The minimum Gasteiger partial charge on any atom is -0.380 e. The molecular formula is C17H13F3N4O2S2. The maximum atomic E-state index is 12.6. The zero-order chi connectivity index (χ0) is 20.3. The van der Waals surface area contributed by atoms with E-state index < -0.39 is 17.8 Å². The van der Waals surface area contributed by atoms with E-state index in [0.29, 0.717) is 10.7 Å². The van der Waals surface area contributed by atoms with E-state index in [0.717, 1.165) is 34.2 Å². The number of halogens is 3. The molecule has 11 heteroatoms. The van der Waals surface area contributed by atoms with Crippen LogP contribution >= 0.6 is 22.7 Å². The van der Waals surface area contributed by atoms with Gasteiger partial charge in [-0.1, -0.05) is 34.7 Å². The number of thiophene rings is 1. The summed E-state index contributed by atoms with van der Waals surface area (Å²) in [6, 6.07) is 7.83. The number of carbonyl (C=O) groups excluding carboxylic acids is 1. The summed E-state index contributed by atoms with van der Waals surface area (Å²) in [5.74, 6) is -0.232. The zero-order valence-corrected chi connectivity index (χ0v) is 15.9. The first-order chi connectivity index (χ1) is 13.2. The number of oxime groups is 1. The Morgan fingerprint density at radius 3 is 2.57 bits per heavy atom. The van der Waals surface area contributed by atoms with Crippen molar-refractivity contribution in [2.45, 2.75) is 13.1 Å². The van der Waals surface area contributed by atoms with Gasteiger partial charge in [0.2, 0.25) is 0 Å². The van der Waals surface area contributed by atoms with E-state index in [-0.39, 0.29) is 11.4 Å². The van der Waals surface area contributed by atoms with E-state index in [1.54, 1.807) is 6.92 Å². The molecule has 3 rings (SSSR count). The number of anilines is 1. The van der Waals surface area contributed by atoms with Crippen LogP contribution in [-0.2, 0) is 11.0 Å². The molecule has 2 aromatic heterocycles. The van der Waals surface area contributed by atoms with E-state index in [1.165, 1.54) is 22.7 Å². The van der Waals surface area contributed by atoms with Crippen molar-refractivity contribution in [2.75, 3.05) is 5.32 Å². The quantitative estimate of drug-likeness (QED) is 0.264. The summed E-state index contributed by atoms with van der Waals surface area (Å²) in [5, 5.41) is 9.15. The lowest BCUT2D eigenvalue weighted by Gasteiger charge is -2.07. The normalized spacial score (nSPS) is 12.1. The van der Waals surface area contributed by atoms with Crippen LogP contribution in [0.1, 0.15) is 16.8 Å². The molecule has 3 aromatic rings. The number of nitrogens with one attached hydrogen (secondary N) is 1. The molecule has 0 unspecified atom stereocenters. The Balaban J connectivity index is 1.63. The van der Waals surface area contributed by atoms with Crippen LogP contribution in [-0.4, -0.2) is 16.9 Å². The highest BCUT2D eigenvalue weighted by atomic mass is 32.1. The Morgan fingerprint density at radius 1 is 1.25 bits per heavy atom. The van der Waals surface area contributed by atoms with Gasteiger partial charge in [-0.05, 0) is 30.5 Å². The average Bonchev–Trinajstić information content (AvgIpc) is 3.29. The maximum Gasteiger partial charge on any atom is 0.438 e. The molecule has 0 saturated carbocycles. The van der Waals surface area contributed by atoms with Crippen molar-refractivity contribution in [1.82, 2.24) is 4.98 Å². The summed E-state index contributed by atoms with van der Waals surface area (Å²) in [7, 11) is 0. The van der Waals surface area contributed by atoms with Crippen LogP contribution in [0.25, 0.3) is 9.88 Å². The fraction of sp³-hybridized carbons (Fsp3) is 0.118. The number of aryl methyl sites for hydroxylation is 1. The van der Waals surface area contributed by atoms with Crippen LogP contribution in [0.2, 0.25) is 0 Å². The highest BCUT2D eigenvalue weighted by Crippen LogP contribution is 2.34. The van der Waals surface area contributed by atoms with E-state index in [1.807, 2.05) is 17.5 Å². The van der Waals surface area contributed by atoms with Crippen LogP contribution in [0.3, 0.4) is 0 Å². The molecule has 1 aromatic carbocycles. The third kappa shape index (κ3) is 4.67. The standard InChI is InChI=1S/C17H13F3N4O2S2/c1-9-14(28-15(22-9)12-3-2-8-27-12)23-16(25)26-24-13(21)10-4-6-11(7-5-10)17(18,19)20/h2-8H,1H3,(H2,21,24)(H,23,25). The Labute approximate surface area is 165 Å². The van der Waals surface area contributed by atoms with Crippen LogP contribution in [0.5, 0.6) is 0 Å². The molecular weight excluding hydrogens is 413 g/mol. The van der Waals surface area contributed by atoms with Crippen LogP contribution < -0.4 is 11.1 Å². The zero-order valence-electron chi connectivity index (χ0n) is 14.3. The van der Waals surface area contributed by atoms with E-state index in [4.69, 9.17) is 5.73 Å². The van der Waals surface area contributed by atoms with Gasteiger partial charge in [-0.15, -0.1) is 11.3 Å². The summed E-state index contributed by atoms with van der Waals surface area (Å²) in [6.07, 6.45) is -5.34. The molecule has 28 heavy (non-hydrogen) atoms. The second-order valence-corrected chi connectivity index (χ2v) is 7.41. The number of benzene rings is 1. The maximum absolute atomic E-state index is 12.6. The number of nitrogens with two attached hydrogens (primary N) is 1. The van der Waals surface area contributed by atoms with Gasteiger partial charge in [0.05, 0.1) is 16.1 Å². The van der Waals surface area contributed by atoms with Crippen molar-refractivity contribution >= 4 is 39.6 Å². The van der Waals surface area contributed by atoms with Gasteiger partial charge in [-0.3, -0.25) is 10.2 Å². The molecule has 0 aliphatic heterocycles. The van der Waals surface area contributed by atoms with Gasteiger partial charge < -0.3 is 5.73 Å². The summed E-state index contributed by atoms with van der Waals surface area (Å²) in [6.45, 7) is 1.74. The van der Waals surface area contributed by atoms with E-state index >= 15 is 0 Å². The van der Waals surface area contributed by atoms with Crippen molar-refractivity contribution in [3.63, 3.8) is 0 Å². The average molecular weight is 426 g/mol. The van der Waals surface area contributed by atoms with Gasteiger partial charge in [0, 0.05) is 5.56 Å². The highest BCUT2D eigenvalue weighted by molar-refractivity contribution is 7.23. The second kappa shape index (κ2) is 7.98. The highest BCUT2D eigenvalue weighted by Gasteiger charge is 2.30. The first-order valence-corrected chi connectivity index (χ1v) is 9.44. The molecule has 2 heterocycles. The summed E-state index contributed by atoms with van der Waals surface area (Å²) in [5.41, 5.74) is 5.64. The van der Waals surface area contributed by atoms with Gasteiger partial charge in [0.25, 0.3) is 0 Å². The van der Waals surface area contributed by atoms with Crippen molar-refractivity contribution < 1.29 is 22.8 Å². The van der Waals surface area contributed by atoms with Crippen LogP contribution in [0, 0.1) is 6.92 Å². The fourth-order valence-electron chi connectivity index (χ4n) is 2.11. The number of aromatic nitrogens is 1. The molecule has 3 N–H and O–H groups in total.